The maximum atomic E-state index is 12.8. The molecule has 106 valence electrons. The molecule has 3 nitrogen and oxygen atoms in total. The number of hydrogen-bond acceptors (Lipinski definition) is 3. The summed E-state index contributed by atoms with van der Waals surface area (Å²) in [5.74, 6) is -1.03. The van der Waals surface area contributed by atoms with E-state index in [4.69, 9.17) is 5.11 Å². The predicted octanol–water partition coefficient (Wildman–Crippen LogP) is 3.76. The summed E-state index contributed by atoms with van der Waals surface area (Å²) in [6.07, 6.45) is -4.66. The van der Waals surface area contributed by atoms with Gasteiger partial charge >= 0.3 is 12.1 Å². The number of nitrogens with zero attached hydrogens (tertiary/aromatic N) is 1. The third kappa shape index (κ3) is 3.16. The SMILES string of the molecule is Cc1ccc(-c2nc(CC(=O)O)cs2)cc1C(F)(F)F. The van der Waals surface area contributed by atoms with Crippen LogP contribution in [0.4, 0.5) is 13.2 Å². The summed E-state index contributed by atoms with van der Waals surface area (Å²) in [6, 6.07) is 3.98. The lowest BCUT2D eigenvalue weighted by atomic mass is 10.0. The van der Waals surface area contributed by atoms with E-state index in [1.165, 1.54) is 18.4 Å². The molecule has 0 aliphatic heterocycles. The van der Waals surface area contributed by atoms with Gasteiger partial charge in [0, 0.05) is 10.9 Å². The molecule has 2 rings (SSSR count). The number of hydrogen-bond donors (Lipinski definition) is 1. The van der Waals surface area contributed by atoms with Crippen LogP contribution < -0.4 is 0 Å². The third-order valence-electron chi connectivity index (χ3n) is 2.67. The maximum absolute atomic E-state index is 12.8. The summed E-state index contributed by atoms with van der Waals surface area (Å²) >= 11 is 1.13. The van der Waals surface area contributed by atoms with Crippen molar-refractivity contribution in [3.05, 3.63) is 40.4 Å². The smallest absolute Gasteiger partial charge is 0.416 e. The molecule has 0 fully saturated rings. The van der Waals surface area contributed by atoms with Crippen molar-refractivity contribution < 1.29 is 23.1 Å². The van der Waals surface area contributed by atoms with Crippen molar-refractivity contribution in [1.82, 2.24) is 4.98 Å². The standard InChI is InChI=1S/C13H10F3NO2S/c1-7-2-3-8(4-10(7)13(14,15)16)12-17-9(6-20-12)5-11(18)19/h2-4,6H,5H2,1H3,(H,18,19). The van der Waals surface area contributed by atoms with Gasteiger partial charge in [-0.15, -0.1) is 11.3 Å². The molecular weight excluding hydrogens is 291 g/mol. The number of carboxylic acid groups (broad SMARTS) is 1. The van der Waals surface area contributed by atoms with Crippen LogP contribution in [0.3, 0.4) is 0 Å². The highest BCUT2D eigenvalue weighted by Gasteiger charge is 2.32. The van der Waals surface area contributed by atoms with E-state index in [1.54, 1.807) is 6.07 Å². The summed E-state index contributed by atoms with van der Waals surface area (Å²) in [7, 11) is 0. The number of benzene rings is 1. The minimum Gasteiger partial charge on any atom is -0.481 e. The van der Waals surface area contributed by atoms with E-state index in [9.17, 15) is 18.0 Å². The van der Waals surface area contributed by atoms with E-state index in [0.717, 1.165) is 17.4 Å². The molecular formula is C13H10F3NO2S. The fraction of sp³-hybridized carbons (Fsp3) is 0.231. The number of alkyl halides is 3. The van der Waals surface area contributed by atoms with Crippen LogP contribution in [0.2, 0.25) is 0 Å². The van der Waals surface area contributed by atoms with Crippen LogP contribution in [0, 0.1) is 6.92 Å². The highest BCUT2D eigenvalue weighted by atomic mass is 32.1. The zero-order valence-electron chi connectivity index (χ0n) is 10.4. The number of carbonyl (C=O) groups is 1. The largest absolute Gasteiger partial charge is 0.481 e. The van der Waals surface area contributed by atoms with Crippen molar-refractivity contribution >= 4 is 17.3 Å². The van der Waals surface area contributed by atoms with Gasteiger partial charge in [0.25, 0.3) is 0 Å². The Bertz CT molecular complexity index is 649. The first-order chi connectivity index (χ1) is 9.27. The van der Waals surface area contributed by atoms with E-state index in [2.05, 4.69) is 4.98 Å². The molecule has 0 saturated heterocycles. The summed E-state index contributed by atoms with van der Waals surface area (Å²) in [5, 5.41) is 10.6. The second-order valence-electron chi connectivity index (χ2n) is 4.24. The Hall–Kier alpha value is -1.89. The lowest BCUT2D eigenvalue weighted by Gasteiger charge is -2.11. The van der Waals surface area contributed by atoms with E-state index >= 15 is 0 Å². The molecule has 1 N–H and O–H groups in total. The summed E-state index contributed by atoms with van der Waals surface area (Å²) in [6.45, 7) is 1.39. The van der Waals surface area contributed by atoms with Crippen molar-refractivity contribution in [1.29, 1.82) is 0 Å². The molecule has 0 aliphatic rings. The summed E-state index contributed by atoms with van der Waals surface area (Å²) in [5.41, 5.74) is 0.116. The van der Waals surface area contributed by atoms with Gasteiger partial charge in [-0.1, -0.05) is 12.1 Å². The molecule has 0 bridgehead atoms. The minimum absolute atomic E-state index is 0.142. The van der Waals surface area contributed by atoms with Gasteiger partial charge in [-0.2, -0.15) is 13.2 Å². The predicted molar refractivity (Wildman–Crippen MR) is 68.6 cm³/mol. The molecule has 0 amide bonds. The van der Waals surface area contributed by atoms with Crippen LogP contribution in [-0.2, 0) is 17.4 Å². The molecule has 1 aromatic heterocycles. The Morgan fingerprint density at radius 3 is 2.70 bits per heavy atom. The van der Waals surface area contributed by atoms with Crippen LogP contribution in [-0.4, -0.2) is 16.1 Å². The highest BCUT2D eigenvalue weighted by molar-refractivity contribution is 7.13. The minimum atomic E-state index is -4.42. The van der Waals surface area contributed by atoms with Crippen molar-refractivity contribution in [2.24, 2.45) is 0 Å². The lowest BCUT2D eigenvalue weighted by Crippen LogP contribution is -2.07. The van der Waals surface area contributed by atoms with E-state index in [0.29, 0.717) is 16.3 Å². The zero-order valence-corrected chi connectivity index (χ0v) is 11.2. The van der Waals surface area contributed by atoms with Gasteiger partial charge in [-0.25, -0.2) is 4.98 Å². The van der Waals surface area contributed by atoms with Crippen LogP contribution in [0.1, 0.15) is 16.8 Å². The van der Waals surface area contributed by atoms with Crippen LogP contribution in [0.15, 0.2) is 23.6 Å². The Kier molecular flexibility index (Phi) is 3.80. The van der Waals surface area contributed by atoms with Crippen LogP contribution in [0.5, 0.6) is 0 Å². The van der Waals surface area contributed by atoms with Crippen LogP contribution in [0.25, 0.3) is 10.6 Å². The molecule has 1 aromatic carbocycles. The molecule has 2 aromatic rings. The van der Waals surface area contributed by atoms with Gasteiger partial charge in [0.1, 0.15) is 5.01 Å². The van der Waals surface area contributed by atoms with E-state index < -0.39 is 17.7 Å². The number of aromatic nitrogens is 1. The molecule has 0 spiro atoms. The first-order valence-corrected chi connectivity index (χ1v) is 6.50. The molecule has 0 aliphatic carbocycles. The Balaban J connectivity index is 2.38. The van der Waals surface area contributed by atoms with Crippen molar-refractivity contribution in [3.8, 4) is 10.6 Å². The van der Waals surface area contributed by atoms with Gasteiger partial charge < -0.3 is 5.11 Å². The monoisotopic (exact) mass is 301 g/mol. The fourth-order valence-electron chi connectivity index (χ4n) is 1.74. The van der Waals surface area contributed by atoms with Gasteiger partial charge in [-0.05, 0) is 18.6 Å². The number of aliphatic carboxylic acids is 1. The number of halogens is 3. The Labute approximate surface area is 116 Å². The topological polar surface area (TPSA) is 50.2 Å². The average molecular weight is 301 g/mol. The molecule has 0 unspecified atom stereocenters. The third-order valence-corrected chi connectivity index (χ3v) is 3.61. The van der Waals surface area contributed by atoms with Crippen LogP contribution >= 0.6 is 11.3 Å². The Morgan fingerprint density at radius 2 is 2.10 bits per heavy atom. The quantitative estimate of drug-likeness (QED) is 0.939. The normalized spacial score (nSPS) is 11.6. The van der Waals surface area contributed by atoms with Gasteiger partial charge in [0.05, 0.1) is 17.7 Å². The highest BCUT2D eigenvalue weighted by Crippen LogP contribution is 2.35. The molecule has 20 heavy (non-hydrogen) atoms. The van der Waals surface area contributed by atoms with Crippen molar-refractivity contribution in [3.63, 3.8) is 0 Å². The summed E-state index contributed by atoms with van der Waals surface area (Å²) < 4.78 is 38.5. The second-order valence-corrected chi connectivity index (χ2v) is 5.10. The summed E-state index contributed by atoms with van der Waals surface area (Å²) in [4.78, 5) is 14.6. The van der Waals surface area contributed by atoms with Gasteiger partial charge in [0.15, 0.2) is 0 Å². The first kappa shape index (κ1) is 14.5. The number of carboxylic acids is 1. The van der Waals surface area contributed by atoms with Gasteiger partial charge in [0.2, 0.25) is 0 Å². The Morgan fingerprint density at radius 1 is 1.40 bits per heavy atom. The fourth-order valence-corrected chi connectivity index (χ4v) is 2.55. The number of aryl methyl sites for hydroxylation is 1. The molecule has 0 saturated carbocycles. The van der Waals surface area contributed by atoms with Gasteiger partial charge in [-0.3, -0.25) is 4.79 Å². The molecule has 0 radical (unpaired) electrons. The number of thiazole rings is 1. The number of rotatable bonds is 3. The van der Waals surface area contributed by atoms with E-state index in [-0.39, 0.29) is 12.0 Å². The maximum Gasteiger partial charge on any atom is 0.416 e. The molecule has 0 atom stereocenters. The van der Waals surface area contributed by atoms with E-state index in [1.807, 2.05) is 0 Å². The molecule has 7 heteroatoms. The van der Waals surface area contributed by atoms with Crippen molar-refractivity contribution in [2.75, 3.05) is 0 Å². The van der Waals surface area contributed by atoms with Crippen molar-refractivity contribution in [2.45, 2.75) is 19.5 Å². The first-order valence-electron chi connectivity index (χ1n) is 5.62. The lowest BCUT2D eigenvalue weighted by molar-refractivity contribution is -0.138. The average Bonchev–Trinajstić information content (AvgIpc) is 2.75. The molecule has 1 heterocycles. The zero-order chi connectivity index (χ0) is 14.9. The second kappa shape index (κ2) is 5.24.